The van der Waals surface area contributed by atoms with Gasteiger partial charge in [0.15, 0.2) is 0 Å². The number of rotatable bonds is 7. The van der Waals surface area contributed by atoms with Crippen LogP contribution in [0.5, 0.6) is 5.75 Å². The maximum atomic E-state index is 9.93. The molecule has 2 rings (SSSR count). The van der Waals surface area contributed by atoms with Crippen molar-refractivity contribution >= 4 is 23.2 Å². The van der Waals surface area contributed by atoms with Gasteiger partial charge in [0.1, 0.15) is 18.5 Å². The largest absolute Gasteiger partial charge is 0.489 e. The van der Waals surface area contributed by atoms with Gasteiger partial charge in [-0.05, 0) is 43.4 Å². The van der Waals surface area contributed by atoms with Gasteiger partial charge in [-0.25, -0.2) is 0 Å². The molecular weight excluding hydrogens is 309 g/mol. The number of nitrogens with one attached hydrogen (secondary N) is 1. The van der Waals surface area contributed by atoms with Gasteiger partial charge in [0, 0.05) is 17.6 Å². The third-order valence-electron chi connectivity index (χ3n) is 3.94. The first-order chi connectivity index (χ1) is 10.0. The number of aliphatic hydroxyl groups excluding tert-OH is 1. The van der Waals surface area contributed by atoms with E-state index in [4.69, 9.17) is 27.9 Å². The van der Waals surface area contributed by atoms with Crippen LogP contribution in [0.4, 0.5) is 0 Å². The molecule has 1 fully saturated rings. The second-order valence-corrected chi connectivity index (χ2v) is 6.83. The van der Waals surface area contributed by atoms with Crippen LogP contribution in [0.1, 0.15) is 26.2 Å². The van der Waals surface area contributed by atoms with Crippen LogP contribution >= 0.6 is 23.2 Å². The molecule has 118 valence electrons. The van der Waals surface area contributed by atoms with E-state index in [1.807, 2.05) is 0 Å². The third-order valence-corrected chi connectivity index (χ3v) is 4.49. The Bertz CT molecular complexity index is 456. The Morgan fingerprint density at radius 3 is 2.90 bits per heavy atom. The predicted molar refractivity (Wildman–Crippen MR) is 87.3 cm³/mol. The lowest BCUT2D eigenvalue weighted by Crippen LogP contribution is -2.33. The Balaban J connectivity index is 1.65. The lowest BCUT2D eigenvalue weighted by atomic mass is 10.1. The van der Waals surface area contributed by atoms with Crippen molar-refractivity contribution in [2.75, 3.05) is 19.7 Å². The molecule has 1 aliphatic carbocycles. The van der Waals surface area contributed by atoms with Crippen molar-refractivity contribution in [3.8, 4) is 5.75 Å². The van der Waals surface area contributed by atoms with E-state index in [1.165, 1.54) is 19.3 Å². The van der Waals surface area contributed by atoms with E-state index >= 15 is 0 Å². The van der Waals surface area contributed by atoms with E-state index < -0.39 is 6.10 Å². The summed E-state index contributed by atoms with van der Waals surface area (Å²) in [5.41, 5.74) is 0. The molecule has 0 saturated heterocycles. The average Bonchev–Trinajstić information content (AvgIpc) is 2.85. The predicted octanol–water partition coefficient (Wildman–Crippen LogP) is 3.76. The number of benzene rings is 1. The average molecular weight is 332 g/mol. The molecule has 1 aromatic rings. The maximum Gasteiger partial charge on any atom is 0.139 e. The van der Waals surface area contributed by atoms with Crippen molar-refractivity contribution in [1.82, 2.24) is 5.32 Å². The van der Waals surface area contributed by atoms with Crippen LogP contribution in [0.15, 0.2) is 18.2 Å². The Kier molecular flexibility index (Phi) is 6.62. The van der Waals surface area contributed by atoms with Crippen LogP contribution in [-0.4, -0.2) is 30.9 Å². The zero-order valence-corrected chi connectivity index (χ0v) is 13.8. The second-order valence-electron chi connectivity index (χ2n) is 5.98. The van der Waals surface area contributed by atoms with Crippen molar-refractivity contribution in [3.63, 3.8) is 0 Å². The minimum absolute atomic E-state index is 0.203. The third kappa shape index (κ3) is 5.67. The molecule has 0 aromatic heterocycles. The van der Waals surface area contributed by atoms with Crippen molar-refractivity contribution in [2.24, 2.45) is 11.8 Å². The van der Waals surface area contributed by atoms with Gasteiger partial charge in [-0.15, -0.1) is 0 Å². The molecule has 1 saturated carbocycles. The normalized spacial score (nSPS) is 23.2. The van der Waals surface area contributed by atoms with E-state index in [0.29, 0.717) is 22.3 Å². The highest BCUT2D eigenvalue weighted by atomic mass is 35.5. The standard InChI is InChI=1S/C16H23Cl2NO2/c1-11-2-3-12(6-11)8-19-9-14(20)10-21-16-7-13(17)4-5-15(16)18/h4-5,7,11-12,14,19-20H,2-3,6,8-10H2,1H3. The van der Waals surface area contributed by atoms with Crippen molar-refractivity contribution < 1.29 is 9.84 Å². The summed E-state index contributed by atoms with van der Waals surface area (Å²) in [5, 5.41) is 14.3. The van der Waals surface area contributed by atoms with Gasteiger partial charge in [-0.3, -0.25) is 0 Å². The molecule has 0 aliphatic heterocycles. The smallest absolute Gasteiger partial charge is 0.139 e. The molecular formula is C16H23Cl2NO2. The Labute approximate surface area is 136 Å². The number of hydrogen-bond acceptors (Lipinski definition) is 3. The van der Waals surface area contributed by atoms with E-state index in [-0.39, 0.29) is 6.61 Å². The molecule has 3 nitrogen and oxygen atoms in total. The molecule has 1 aliphatic rings. The van der Waals surface area contributed by atoms with Gasteiger partial charge in [0.2, 0.25) is 0 Å². The molecule has 0 radical (unpaired) electrons. The lowest BCUT2D eigenvalue weighted by molar-refractivity contribution is 0.105. The van der Waals surface area contributed by atoms with Gasteiger partial charge in [0.25, 0.3) is 0 Å². The summed E-state index contributed by atoms with van der Waals surface area (Å²) >= 11 is 11.9. The highest BCUT2D eigenvalue weighted by Crippen LogP contribution is 2.29. The topological polar surface area (TPSA) is 41.5 Å². The lowest BCUT2D eigenvalue weighted by Gasteiger charge is -2.16. The Morgan fingerprint density at radius 1 is 1.38 bits per heavy atom. The quantitative estimate of drug-likeness (QED) is 0.799. The van der Waals surface area contributed by atoms with Gasteiger partial charge < -0.3 is 15.2 Å². The monoisotopic (exact) mass is 331 g/mol. The molecule has 0 spiro atoms. The number of aliphatic hydroxyl groups is 1. The highest BCUT2D eigenvalue weighted by Gasteiger charge is 2.20. The summed E-state index contributed by atoms with van der Waals surface area (Å²) < 4.78 is 5.51. The fraction of sp³-hybridized carbons (Fsp3) is 0.625. The summed E-state index contributed by atoms with van der Waals surface area (Å²) in [6.07, 6.45) is 3.35. The zero-order valence-electron chi connectivity index (χ0n) is 12.3. The van der Waals surface area contributed by atoms with Gasteiger partial charge in [0.05, 0.1) is 5.02 Å². The van der Waals surface area contributed by atoms with Crippen LogP contribution in [-0.2, 0) is 0 Å². The molecule has 21 heavy (non-hydrogen) atoms. The summed E-state index contributed by atoms with van der Waals surface area (Å²) in [5.74, 6) is 2.10. The van der Waals surface area contributed by atoms with Crippen LogP contribution < -0.4 is 10.1 Å². The van der Waals surface area contributed by atoms with Crippen LogP contribution in [0, 0.1) is 11.8 Å². The minimum atomic E-state index is -0.557. The van der Waals surface area contributed by atoms with Crippen LogP contribution in [0.3, 0.4) is 0 Å². The van der Waals surface area contributed by atoms with Crippen molar-refractivity contribution in [1.29, 1.82) is 0 Å². The van der Waals surface area contributed by atoms with Crippen LogP contribution in [0.2, 0.25) is 10.0 Å². The van der Waals surface area contributed by atoms with E-state index in [1.54, 1.807) is 18.2 Å². The number of ether oxygens (including phenoxy) is 1. The number of hydrogen-bond donors (Lipinski definition) is 2. The van der Waals surface area contributed by atoms with Crippen LogP contribution in [0.25, 0.3) is 0 Å². The molecule has 1 aromatic carbocycles. The molecule has 2 N–H and O–H groups in total. The summed E-state index contributed by atoms with van der Waals surface area (Å²) in [6, 6.07) is 5.05. The minimum Gasteiger partial charge on any atom is -0.489 e. The first-order valence-corrected chi connectivity index (χ1v) is 8.27. The fourth-order valence-electron chi connectivity index (χ4n) is 2.80. The number of halogens is 2. The van der Waals surface area contributed by atoms with Crippen molar-refractivity contribution in [2.45, 2.75) is 32.3 Å². The van der Waals surface area contributed by atoms with Gasteiger partial charge >= 0.3 is 0 Å². The highest BCUT2D eigenvalue weighted by molar-refractivity contribution is 6.34. The SMILES string of the molecule is CC1CCC(CNCC(O)COc2cc(Cl)ccc2Cl)C1. The zero-order chi connectivity index (χ0) is 15.2. The first kappa shape index (κ1) is 16.9. The fourth-order valence-corrected chi connectivity index (χ4v) is 3.13. The molecule has 0 bridgehead atoms. The second kappa shape index (κ2) is 8.23. The molecule has 5 heteroatoms. The van der Waals surface area contributed by atoms with E-state index in [0.717, 1.165) is 18.4 Å². The van der Waals surface area contributed by atoms with Gasteiger partial charge in [-0.2, -0.15) is 0 Å². The Hall–Kier alpha value is -0.480. The summed E-state index contributed by atoms with van der Waals surface area (Å²) in [6.45, 7) is 4.01. The van der Waals surface area contributed by atoms with Gasteiger partial charge in [-0.1, -0.05) is 36.5 Å². The van der Waals surface area contributed by atoms with E-state index in [9.17, 15) is 5.11 Å². The molecule has 3 unspecified atom stereocenters. The Morgan fingerprint density at radius 2 is 2.19 bits per heavy atom. The summed E-state index contributed by atoms with van der Waals surface area (Å²) in [7, 11) is 0. The van der Waals surface area contributed by atoms with Crippen molar-refractivity contribution in [3.05, 3.63) is 28.2 Å². The molecule has 0 amide bonds. The maximum absolute atomic E-state index is 9.93. The molecule has 0 heterocycles. The molecule has 3 atom stereocenters. The van der Waals surface area contributed by atoms with E-state index in [2.05, 4.69) is 12.2 Å². The first-order valence-electron chi connectivity index (χ1n) is 7.51. The summed E-state index contributed by atoms with van der Waals surface area (Å²) in [4.78, 5) is 0.